The van der Waals surface area contributed by atoms with Gasteiger partial charge in [-0.3, -0.25) is 9.59 Å². The SMILES string of the molecule is CN(Cc1cc(Br)ccc1F)C(=O)c1ccc(=O)[nH]n1. The molecule has 1 N–H and O–H groups in total. The summed E-state index contributed by atoms with van der Waals surface area (Å²) >= 11 is 3.25. The van der Waals surface area contributed by atoms with E-state index in [0.717, 1.165) is 4.47 Å². The number of amides is 1. The molecule has 0 radical (unpaired) electrons. The molecule has 2 rings (SSSR count). The van der Waals surface area contributed by atoms with Gasteiger partial charge in [-0.15, -0.1) is 0 Å². The molecule has 1 heterocycles. The molecule has 0 aliphatic rings. The van der Waals surface area contributed by atoms with Crippen molar-refractivity contribution in [3.05, 3.63) is 62.2 Å². The van der Waals surface area contributed by atoms with E-state index in [1.807, 2.05) is 0 Å². The molecule has 1 amide bonds. The molecule has 0 unspecified atom stereocenters. The smallest absolute Gasteiger partial charge is 0.274 e. The van der Waals surface area contributed by atoms with Gasteiger partial charge in [0.25, 0.3) is 11.5 Å². The molecule has 0 aliphatic heterocycles. The summed E-state index contributed by atoms with van der Waals surface area (Å²) in [5.41, 5.74) is 0.101. The number of carbonyl (C=O) groups is 1. The van der Waals surface area contributed by atoms with E-state index >= 15 is 0 Å². The summed E-state index contributed by atoms with van der Waals surface area (Å²) in [7, 11) is 1.54. The quantitative estimate of drug-likeness (QED) is 0.929. The number of nitrogens with one attached hydrogen (secondary N) is 1. The molecule has 0 aliphatic carbocycles. The minimum atomic E-state index is -0.402. The minimum Gasteiger partial charge on any atom is -0.336 e. The molecule has 20 heavy (non-hydrogen) atoms. The number of benzene rings is 1. The highest BCUT2D eigenvalue weighted by atomic mass is 79.9. The summed E-state index contributed by atoms with van der Waals surface area (Å²) in [6, 6.07) is 7.07. The monoisotopic (exact) mass is 339 g/mol. The predicted octanol–water partition coefficient (Wildman–Crippen LogP) is 1.94. The van der Waals surface area contributed by atoms with Gasteiger partial charge in [0.1, 0.15) is 11.5 Å². The maximum atomic E-state index is 13.6. The van der Waals surface area contributed by atoms with Crippen LogP contribution in [-0.2, 0) is 6.54 Å². The second-order valence-corrected chi connectivity index (χ2v) is 5.12. The zero-order valence-electron chi connectivity index (χ0n) is 10.6. The Kier molecular flexibility index (Phi) is 4.29. The van der Waals surface area contributed by atoms with Gasteiger partial charge in [-0.1, -0.05) is 15.9 Å². The highest BCUT2D eigenvalue weighted by Crippen LogP contribution is 2.17. The third kappa shape index (κ3) is 3.30. The Morgan fingerprint density at radius 1 is 1.40 bits per heavy atom. The summed E-state index contributed by atoms with van der Waals surface area (Å²) in [5, 5.41) is 5.83. The van der Waals surface area contributed by atoms with Gasteiger partial charge in [-0.25, -0.2) is 9.49 Å². The van der Waals surface area contributed by atoms with E-state index in [1.165, 1.54) is 30.1 Å². The fraction of sp³-hybridized carbons (Fsp3) is 0.154. The number of halogens is 2. The van der Waals surface area contributed by atoms with E-state index in [-0.39, 0.29) is 23.6 Å². The van der Waals surface area contributed by atoms with Gasteiger partial charge in [0.2, 0.25) is 0 Å². The Balaban J connectivity index is 2.17. The molecule has 0 bridgehead atoms. The summed E-state index contributed by atoms with van der Waals surface area (Å²) in [4.78, 5) is 24.3. The highest BCUT2D eigenvalue weighted by molar-refractivity contribution is 9.10. The zero-order valence-corrected chi connectivity index (χ0v) is 12.1. The van der Waals surface area contributed by atoms with Crippen LogP contribution in [0, 0.1) is 5.82 Å². The van der Waals surface area contributed by atoms with Crippen LogP contribution in [0.5, 0.6) is 0 Å². The van der Waals surface area contributed by atoms with Crippen molar-refractivity contribution >= 4 is 21.8 Å². The predicted molar refractivity (Wildman–Crippen MR) is 74.8 cm³/mol. The number of hydrogen-bond acceptors (Lipinski definition) is 3. The van der Waals surface area contributed by atoms with Crippen LogP contribution in [0.4, 0.5) is 4.39 Å². The molecule has 0 saturated heterocycles. The van der Waals surface area contributed by atoms with Crippen LogP contribution in [-0.4, -0.2) is 28.1 Å². The standard InChI is InChI=1S/C13H11BrFN3O2/c1-18(7-8-6-9(14)2-3-10(8)15)13(20)11-4-5-12(19)17-16-11/h2-6H,7H2,1H3,(H,17,19). The summed E-state index contributed by atoms with van der Waals surface area (Å²) < 4.78 is 14.4. The van der Waals surface area contributed by atoms with Gasteiger partial charge in [0.15, 0.2) is 0 Å². The molecule has 5 nitrogen and oxygen atoms in total. The first kappa shape index (κ1) is 14.4. The Hall–Kier alpha value is -2.02. The van der Waals surface area contributed by atoms with Crippen LogP contribution in [0.3, 0.4) is 0 Å². The van der Waals surface area contributed by atoms with Crippen LogP contribution in [0.25, 0.3) is 0 Å². The first-order valence-corrected chi connectivity index (χ1v) is 6.52. The van der Waals surface area contributed by atoms with Gasteiger partial charge >= 0.3 is 0 Å². The van der Waals surface area contributed by atoms with E-state index in [2.05, 4.69) is 26.1 Å². The number of H-pyrrole nitrogens is 1. The van der Waals surface area contributed by atoms with Gasteiger partial charge in [-0.05, 0) is 24.3 Å². The first-order chi connectivity index (χ1) is 9.47. The zero-order chi connectivity index (χ0) is 14.7. The average molecular weight is 340 g/mol. The molecule has 0 saturated carbocycles. The Bertz CT molecular complexity index is 682. The highest BCUT2D eigenvalue weighted by Gasteiger charge is 2.15. The van der Waals surface area contributed by atoms with Crippen LogP contribution in [0.15, 0.2) is 39.6 Å². The topological polar surface area (TPSA) is 66.1 Å². The van der Waals surface area contributed by atoms with Gasteiger partial charge < -0.3 is 4.90 Å². The van der Waals surface area contributed by atoms with Crippen molar-refractivity contribution in [1.82, 2.24) is 15.1 Å². The number of hydrogen-bond donors (Lipinski definition) is 1. The molecule has 0 spiro atoms. The number of nitrogens with zero attached hydrogens (tertiary/aromatic N) is 2. The van der Waals surface area contributed by atoms with E-state index < -0.39 is 5.91 Å². The molecule has 104 valence electrons. The fourth-order valence-electron chi connectivity index (χ4n) is 1.65. The average Bonchev–Trinajstić information content (AvgIpc) is 2.43. The van der Waals surface area contributed by atoms with Crippen molar-refractivity contribution in [3.63, 3.8) is 0 Å². The van der Waals surface area contributed by atoms with Gasteiger partial charge in [0, 0.05) is 29.7 Å². The van der Waals surface area contributed by atoms with Crippen molar-refractivity contribution in [1.29, 1.82) is 0 Å². The second-order valence-electron chi connectivity index (χ2n) is 4.20. The number of aromatic amines is 1. The lowest BCUT2D eigenvalue weighted by Crippen LogP contribution is -2.28. The maximum absolute atomic E-state index is 13.6. The molecule has 7 heteroatoms. The third-order valence-electron chi connectivity index (χ3n) is 2.66. The third-order valence-corrected chi connectivity index (χ3v) is 3.15. The van der Waals surface area contributed by atoms with Crippen molar-refractivity contribution in [2.24, 2.45) is 0 Å². The minimum absolute atomic E-state index is 0.0995. The second kappa shape index (κ2) is 5.96. The van der Waals surface area contributed by atoms with Crippen molar-refractivity contribution in [2.75, 3.05) is 7.05 Å². The summed E-state index contributed by atoms with van der Waals surface area (Å²) in [6.07, 6.45) is 0. The number of aromatic nitrogens is 2. The van der Waals surface area contributed by atoms with Crippen LogP contribution >= 0.6 is 15.9 Å². The first-order valence-electron chi connectivity index (χ1n) is 5.72. The lowest BCUT2D eigenvalue weighted by atomic mass is 10.2. The fourth-order valence-corrected chi connectivity index (χ4v) is 2.06. The Morgan fingerprint density at radius 3 is 2.80 bits per heavy atom. The maximum Gasteiger partial charge on any atom is 0.274 e. The van der Waals surface area contributed by atoms with Gasteiger partial charge in [0.05, 0.1) is 0 Å². The molecular formula is C13H11BrFN3O2. The van der Waals surface area contributed by atoms with E-state index in [1.54, 1.807) is 12.1 Å². The summed E-state index contributed by atoms with van der Waals surface area (Å²) in [6.45, 7) is 0.102. The molecule has 1 aromatic heterocycles. The molecular weight excluding hydrogens is 329 g/mol. The largest absolute Gasteiger partial charge is 0.336 e. The lowest BCUT2D eigenvalue weighted by molar-refractivity contribution is 0.0776. The molecule has 0 fully saturated rings. The van der Waals surface area contributed by atoms with Crippen molar-refractivity contribution in [3.8, 4) is 0 Å². The van der Waals surface area contributed by atoms with E-state index in [9.17, 15) is 14.0 Å². The van der Waals surface area contributed by atoms with Crippen LogP contribution in [0.1, 0.15) is 16.1 Å². The normalized spacial score (nSPS) is 10.3. The summed E-state index contributed by atoms with van der Waals surface area (Å²) in [5.74, 6) is -0.789. The molecule has 0 atom stereocenters. The van der Waals surface area contributed by atoms with E-state index in [4.69, 9.17) is 0 Å². The van der Waals surface area contributed by atoms with Gasteiger partial charge in [-0.2, -0.15) is 5.10 Å². The van der Waals surface area contributed by atoms with Crippen LogP contribution in [0.2, 0.25) is 0 Å². The van der Waals surface area contributed by atoms with Crippen molar-refractivity contribution in [2.45, 2.75) is 6.54 Å². The van der Waals surface area contributed by atoms with Crippen molar-refractivity contribution < 1.29 is 9.18 Å². The number of carbonyl (C=O) groups excluding carboxylic acids is 1. The Morgan fingerprint density at radius 2 is 2.15 bits per heavy atom. The van der Waals surface area contributed by atoms with Crippen LogP contribution < -0.4 is 5.56 Å². The Labute approximate surface area is 122 Å². The molecule has 1 aromatic carbocycles. The molecule has 2 aromatic rings. The lowest BCUT2D eigenvalue weighted by Gasteiger charge is -2.17. The van der Waals surface area contributed by atoms with E-state index in [0.29, 0.717) is 5.56 Å². The number of rotatable bonds is 3.